The lowest BCUT2D eigenvalue weighted by molar-refractivity contribution is -0.136. The molecular weight excluding hydrogens is 801 g/mol. The molecule has 17 heteroatoms. The average Bonchev–Trinajstić information content (AvgIpc) is 3.78. The number of carboxylic acid groups (broad SMARTS) is 1. The third-order valence-electron chi connectivity index (χ3n) is 9.76. The van der Waals surface area contributed by atoms with E-state index in [9.17, 15) is 33.6 Å². The third kappa shape index (κ3) is 16.9. The quantitative estimate of drug-likeness (QED) is 0.0270. The zero-order valence-corrected chi connectivity index (χ0v) is 35.2. The van der Waals surface area contributed by atoms with Crippen LogP contribution in [0.1, 0.15) is 103 Å². The van der Waals surface area contributed by atoms with Gasteiger partial charge in [-0.25, -0.2) is 4.79 Å². The number of urea groups is 1. The van der Waals surface area contributed by atoms with Gasteiger partial charge in [-0.15, -0.1) is 0 Å². The molecule has 2 fully saturated rings. The molecule has 0 radical (unpaired) electrons. The lowest BCUT2D eigenvalue weighted by atomic mass is 10.0. The first-order valence-corrected chi connectivity index (χ1v) is 23.6. The number of carboxylic acids is 1. The van der Waals surface area contributed by atoms with Crippen LogP contribution in [0.4, 0.5) is 4.79 Å². The Morgan fingerprint density at radius 1 is 0.707 bits per heavy atom. The number of carbonyl (C=O) groups excluding carboxylic acids is 6. The molecule has 2 saturated heterocycles. The van der Waals surface area contributed by atoms with E-state index in [4.69, 9.17) is 5.11 Å². The molecule has 7 N–H and O–H groups in total. The minimum atomic E-state index is -0.859. The van der Waals surface area contributed by atoms with E-state index in [1.807, 2.05) is 17.8 Å². The van der Waals surface area contributed by atoms with E-state index in [0.717, 1.165) is 37.9 Å². The van der Waals surface area contributed by atoms with Crippen LogP contribution in [0, 0.1) is 0 Å². The Bertz CT molecular complexity index is 1670. The van der Waals surface area contributed by atoms with Gasteiger partial charge in [-0.05, 0) is 57.1 Å². The lowest BCUT2D eigenvalue weighted by Crippen LogP contribution is -2.47. The van der Waals surface area contributed by atoms with Crippen molar-refractivity contribution in [2.24, 2.45) is 0 Å². The summed E-state index contributed by atoms with van der Waals surface area (Å²) in [6.07, 6.45) is 7.52. The summed E-state index contributed by atoms with van der Waals surface area (Å²) in [6, 6.07) is 14.6. The Balaban J connectivity index is 1.08. The number of carbonyl (C=O) groups is 7. The molecule has 2 aromatic carbocycles. The number of fused-ring (bicyclic) bond motifs is 1. The van der Waals surface area contributed by atoms with Gasteiger partial charge >= 0.3 is 12.0 Å². The van der Waals surface area contributed by atoms with Gasteiger partial charge in [0.1, 0.15) is 6.04 Å². The fourth-order valence-electron chi connectivity index (χ4n) is 6.59. The molecule has 14 nitrogen and oxygen atoms in total. The highest BCUT2D eigenvalue weighted by atomic mass is 33.1. The molecule has 2 aliphatic rings. The number of benzene rings is 2. The standard InChI is InChI=1S/C41H56N6O8S3/c48-34(15-5-2-9-22-42-35(49)16-7-6-14-33-37-32(27-56-33)46-41(55)47-37)43-23-10-8-13-31(40(54)44-24-26-58-57-25-21-36(50)51)45-39(53)30-19-17-29(18-20-30)38(52)28-11-3-1-4-12-28/h1,3-4,11-12,17-20,31-33,37H,2,5-10,13-16,21-27H2,(H,42,49)(H,43,48)(H,44,54)(H,45,53)(H,50,51)(H2,46,47,55)/t31-,32-,33-,37-/m0/s1. The zero-order valence-electron chi connectivity index (χ0n) is 32.8. The van der Waals surface area contributed by atoms with Gasteiger partial charge in [0.15, 0.2) is 5.78 Å². The van der Waals surface area contributed by atoms with Gasteiger partial charge in [-0.3, -0.25) is 28.8 Å². The molecule has 2 heterocycles. The van der Waals surface area contributed by atoms with Crippen LogP contribution in [0.25, 0.3) is 0 Å². The lowest BCUT2D eigenvalue weighted by Gasteiger charge is -2.19. The Hall–Kier alpha value is -4.22. The van der Waals surface area contributed by atoms with Gasteiger partial charge in [0.05, 0.1) is 18.5 Å². The SMILES string of the molecule is O=C(O)CCSSCCNC(=O)[C@H](CCCCNC(=O)CCCCCNC(=O)CCCC[C@@H]1SC[C@@H]2NC(=O)N[C@@H]21)NC(=O)c1ccc(C(=O)c2ccccc2)cc1. The molecular formula is C41H56N6O8S3. The van der Waals surface area contributed by atoms with Crippen LogP contribution >= 0.6 is 33.3 Å². The fourth-order valence-corrected chi connectivity index (χ4v) is 10.0. The summed E-state index contributed by atoms with van der Waals surface area (Å²) in [5, 5.41) is 26.7. The first kappa shape index (κ1) is 46.5. The number of amides is 6. The Labute approximate surface area is 352 Å². The summed E-state index contributed by atoms with van der Waals surface area (Å²) >= 11 is 1.88. The van der Waals surface area contributed by atoms with Crippen molar-refractivity contribution < 1.29 is 38.7 Å². The highest BCUT2D eigenvalue weighted by Gasteiger charge is 2.42. The average molecular weight is 857 g/mol. The van der Waals surface area contributed by atoms with E-state index in [1.165, 1.54) is 21.6 Å². The number of ketones is 1. The molecule has 0 aliphatic carbocycles. The van der Waals surface area contributed by atoms with Gasteiger partial charge in [0.25, 0.3) is 5.91 Å². The number of unbranched alkanes of at least 4 members (excludes halogenated alkanes) is 4. The predicted octanol–water partition coefficient (Wildman–Crippen LogP) is 4.68. The van der Waals surface area contributed by atoms with E-state index < -0.39 is 17.9 Å². The molecule has 0 aromatic heterocycles. The monoisotopic (exact) mass is 856 g/mol. The van der Waals surface area contributed by atoms with E-state index in [-0.39, 0.29) is 48.0 Å². The molecule has 0 saturated carbocycles. The van der Waals surface area contributed by atoms with Crippen molar-refractivity contribution in [3.8, 4) is 0 Å². The topological polar surface area (TPSA) is 212 Å². The first-order chi connectivity index (χ1) is 28.1. The Morgan fingerprint density at radius 2 is 1.34 bits per heavy atom. The van der Waals surface area contributed by atoms with Crippen LogP contribution in [-0.4, -0.2) is 107 Å². The molecule has 0 spiro atoms. The van der Waals surface area contributed by atoms with Crippen molar-refractivity contribution in [1.82, 2.24) is 31.9 Å². The molecule has 4 atom stereocenters. The summed E-state index contributed by atoms with van der Waals surface area (Å²) in [4.78, 5) is 86.1. The van der Waals surface area contributed by atoms with Crippen molar-refractivity contribution in [1.29, 1.82) is 0 Å². The number of rotatable bonds is 28. The predicted molar refractivity (Wildman–Crippen MR) is 230 cm³/mol. The normalized spacial score (nSPS) is 17.3. The molecule has 316 valence electrons. The van der Waals surface area contributed by atoms with Gasteiger partial charge in [0, 0.05) is 71.7 Å². The van der Waals surface area contributed by atoms with Gasteiger partial charge < -0.3 is 37.0 Å². The maximum atomic E-state index is 13.2. The van der Waals surface area contributed by atoms with Crippen LogP contribution in [-0.2, 0) is 19.2 Å². The summed E-state index contributed by atoms with van der Waals surface area (Å²) in [7, 11) is 2.89. The van der Waals surface area contributed by atoms with Crippen molar-refractivity contribution in [2.45, 2.75) is 100 Å². The molecule has 4 rings (SSSR count). The van der Waals surface area contributed by atoms with Crippen LogP contribution in [0.3, 0.4) is 0 Å². The van der Waals surface area contributed by atoms with E-state index in [2.05, 4.69) is 31.9 Å². The maximum Gasteiger partial charge on any atom is 0.315 e. The van der Waals surface area contributed by atoms with Crippen LogP contribution < -0.4 is 31.9 Å². The molecule has 2 aliphatic heterocycles. The van der Waals surface area contributed by atoms with E-state index in [0.29, 0.717) is 91.6 Å². The van der Waals surface area contributed by atoms with Gasteiger partial charge in [-0.2, -0.15) is 11.8 Å². The second-order valence-electron chi connectivity index (χ2n) is 14.3. The summed E-state index contributed by atoms with van der Waals surface area (Å²) in [6.45, 7) is 1.36. The minimum Gasteiger partial charge on any atom is -0.481 e. The summed E-state index contributed by atoms with van der Waals surface area (Å²) in [5.74, 6) is 0.145. The van der Waals surface area contributed by atoms with Gasteiger partial charge in [0.2, 0.25) is 17.7 Å². The van der Waals surface area contributed by atoms with Crippen molar-refractivity contribution in [3.05, 3.63) is 71.3 Å². The van der Waals surface area contributed by atoms with Crippen molar-refractivity contribution >= 4 is 74.8 Å². The molecule has 6 amide bonds. The first-order valence-electron chi connectivity index (χ1n) is 20.1. The number of aliphatic carboxylic acids is 1. The summed E-state index contributed by atoms with van der Waals surface area (Å²) < 4.78 is 0. The van der Waals surface area contributed by atoms with Crippen molar-refractivity contribution in [3.63, 3.8) is 0 Å². The number of hydrogen-bond acceptors (Lipinski definition) is 10. The zero-order chi connectivity index (χ0) is 41.5. The Kier molecular flexibility index (Phi) is 20.8. The molecule has 2 aromatic rings. The minimum absolute atomic E-state index is 0.0405. The van der Waals surface area contributed by atoms with E-state index in [1.54, 1.807) is 48.5 Å². The van der Waals surface area contributed by atoms with Crippen molar-refractivity contribution in [2.75, 3.05) is 36.9 Å². The highest BCUT2D eigenvalue weighted by Crippen LogP contribution is 2.33. The number of hydrogen-bond donors (Lipinski definition) is 7. The highest BCUT2D eigenvalue weighted by molar-refractivity contribution is 8.76. The second kappa shape index (κ2) is 26.0. The number of thioether (sulfide) groups is 1. The fraction of sp³-hybridized carbons (Fsp3) is 0.537. The van der Waals surface area contributed by atoms with Crippen LogP contribution in [0.2, 0.25) is 0 Å². The molecule has 58 heavy (non-hydrogen) atoms. The maximum absolute atomic E-state index is 13.2. The molecule has 0 bridgehead atoms. The van der Waals surface area contributed by atoms with E-state index >= 15 is 0 Å². The molecule has 0 unspecified atom stereocenters. The smallest absolute Gasteiger partial charge is 0.315 e. The number of nitrogens with one attached hydrogen (secondary N) is 6. The van der Waals surface area contributed by atoms with Gasteiger partial charge in [-0.1, -0.05) is 76.9 Å². The van der Waals surface area contributed by atoms with Crippen LogP contribution in [0.15, 0.2) is 54.6 Å². The van der Waals surface area contributed by atoms with Crippen LogP contribution in [0.5, 0.6) is 0 Å². The largest absolute Gasteiger partial charge is 0.481 e. The summed E-state index contributed by atoms with van der Waals surface area (Å²) in [5.41, 5.74) is 1.29. The third-order valence-corrected chi connectivity index (χ3v) is 13.7. The Morgan fingerprint density at radius 3 is 2.05 bits per heavy atom. The second-order valence-corrected chi connectivity index (χ2v) is 18.2.